The minimum absolute atomic E-state index is 1.11. The second-order valence-electron chi connectivity index (χ2n) is 7.21. The summed E-state index contributed by atoms with van der Waals surface area (Å²) < 4.78 is 0. The predicted molar refractivity (Wildman–Crippen MR) is 108 cm³/mol. The molecule has 0 aromatic carbocycles. The Bertz CT molecular complexity index is 216. The van der Waals surface area contributed by atoms with E-state index in [2.05, 4.69) is 26.0 Å². The molecule has 0 atom stereocenters. The molecule has 137 valence electrons. The lowest BCUT2D eigenvalue weighted by Crippen LogP contribution is -1.82. The fourth-order valence-corrected chi connectivity index (χ4v) is 3.13. The first-order valence-electron chi connectivity index (χ1n) is 10.9. The maximum atomic E-state index is 3.89. The Morgan fingerprint density at radius 1 is 0.478 bits per heavy atom. The van der Waals surface area contributed by atoms with Crippen LogP contribution in [0, 0.1) is 6.92 Å². The van der Waals surface area contributed by atoms with Crippen LogP contribution in [-0.2, 0) is 0 Å². The molecule has 0 aliphatic carbocycles. The van der Waals surface area contributed by atoms with Gasteiger partial charge in [-0.15, -0.1) is 0 Å². The van der Waals surface area contributed by atoms with Crippen molar-refractivity contribution in [2.24, 2.45) is 0 Å². The van der Waals surface area contributed by atoms with Crippen LogP contribution in [0.1, 0.15) is 129 Å². The number of rotatable bonds is 19. The zero-order chi connectivity index (χ0) is 16.8. The fraction of sp³-hybridized carbons (Fsp3) is 0.870. The second kappa shape index (κ2) is 21.7. The summed E-state index contributed by atoms with van der Waals surface area (Å²) in [7, 11) is 0. The molecule has 0 unspecified atom stereocenters. The minimum atomic E-state index is 1.11. The van der Waals surface area contributed by atoms with Crippen LogP contribution in [-0.4, -0.2) is 0 Å². The monoisotopic (exact) mass is 321 g/mol. The van der Waals surface area contributed by atoms with Crippen LogP contribution in [0.15, 0.2) is 12.2 Å². The standard InChI is InChI=1S/C23H45/c1-3-5-7-9-11-13-15-17-19-21-23-22-20-18-16-14-12-10-8-6-4-2/h17,19H,1,3-16,18,20-23H2,2H3. The van der Waals surface area contributed by atoms with Gasteiger partial charge in [-0.05, 0) is 25.7 Å². The Labute approximate surface area is 148 Å². The Hall–Kier alpha value is -0.260. The van der Waals surface area contributed by atoms with Crippen molar-refractivity contribution >= 4 is 0 Å². The maximum absolute atomic E-state index is 3.89. The molecular formula is C23H45. The van der Waals surface area contributed by atoms with Gasteiger partial charge in [-0.1, -0.05) is 122 Å². The molecule has 0 saturated heterocycles. The molecule has 0 rings (SSSR count). The van der Waals surface area contributed by atoms with E-state index in [-0.39, 0.29) is 0 Å². The Morgan fingerprint density at radius 2 is 0.826 bits per heavy atom. The van der Waals surface area contributed by atoms with E-state index in [0.29, 0.717) is 0 Å². The molecule has 0 aromatic rings. The van der Waals surface area contributed by atoms with Crippen molar-refractivity contribution < 1.29 is 0 Å². The van der Waals surface area contributed by atoms with Crippen molar-refractivity contribution in [2.45, 2.75) is 129 Å². The lowest BCUT2D eigenvalue weighted by atomic mass is 10.1. The second-order valence-corrected chi connectivity index (χ2v) is 7.21. The lowest BCUT2D eigenvalue weighted by molar-refractivity contribution is 0.550. The van der Waals surface area contributed by atoms with Crippen LogP contribution in [0.4, 0.5) is 0 Å². The molecule has 0 nitrogen and oxygen atoms in total. The van der Waals surface area contributed by atoms with Gasteiger partial charge < -0.3 is 0 Å². The van der Waals surface area contributed by atoms with Gasteiger partial charge in [0.15, 0.2) is 0 Å². The van der Waals surface area contributed by atoms with E-state index >= 15 is 0 Å². The normalized spacial score (nSPS) is 11.6. The zero-order valence-corrected chi connectivity index (χ0v) is 16.3. The lowest BCUT2D eigenvalue weighted by Gasteiger charge is -2.01. The number of hydrogen-bond donors (Lipinski definition) is 0. The van der Waals surface area contributed by atoms with E-state index < -0.39 is 0 Å². The number of allylic oxidation sites excluding steroid dienone is 2. The summed E-state index contributed by atoms with van der Waals surface area (Å²) >= 11 is 0. The van der Waals surface area contributed by atoms with Gasteiger partial charge in [0.2, 0.25) is 0 Å². The summed E-state index contributed by atoms with van der Waals surface area (Å²) in [4.78, 5) is 0. The van der Waals surface area contributed by atoms with Gasteiger partial charge >= 0.3 is 0 Å². The summed E-state index contributed by atoms with van der Waals surface area (Å²) in [6, 6.07) is 0. The summed E-state index contributed by atoms with van der Waals surface area (Å²) in [6.45, 7) is 6.19. The third-order valence-corrected chi connectivity index (χ3v) is 4.76. The van der Waals surface area contributed by atoms with Gasteiger partial charge in [-0.25, -0.2) is 0 Å². The summed E-state index contributed by atoms with van der Waals surface area (Å²) in [5.74, 6) is 0. The SMILES string of the molecule is [CH2]CCCCCCCC=CCCCCCCCCCCCCC. The van der Waals surface area contributed by atoms with Gasteiger partial charge in [0.05, 0.1) is 0 Å². The van der Waals surface area contributed by atoms with E-state index in [1.165, 1.54) is 116 Å². The highest BCUT2D eigenvalue weighted by Crippen LogP contribution is 2.12. The Kier molecular flexibility index (Phi) is 21.5. The van der Waals surface area contributed by atoms with Crippen LogP contribution in [0.5, 0.6) is 0 Å². The van der Waals surface area contributed by atoms with Crippen molar-refractivity contribution in [3.8, 4) is 0 Å². The molecule has 23 heavy (non-hydrogen) atoms. The molecule has 0 aromatic heterocycles. The van der Waals surface area contributed by atoms with Gasteiger partial charge in [0, 0.05) is 0 Å². The van der Waals surface area contributed by atoms with Crippen LogP contribution >= 0.6 is 0 Å². The van der Waals surface area contributed by atoms with E-state index in [0.717, 1.165) is 6.42 Å². The van der Waals surface area contributed by atoms with Crippen molar-refractivity contribution in [1.82, 2.24) is 0 Å². The van der Waals surface area contributed by atoms with Crippen molar-refractivity contribution in [3.63, 3.8) is 0 Å². The molecule has 0 bridgehead atoms. The Morgan fingerprint density at radius 3 is 1.22 bits per heavy atom. The first-order valence-corrected chi connectivity index (χ1v) is 10.9. The quantitative estimate of drug-likeness (QED) is 0.165. The molecule has 0 heteroatoms. The molecule has 0 saturated carbocycles. The average molecular weight is 322 g/mol. The molecule has 0 amide bonds. The van der Waals surface area contributed by atoms with Crippen LogP contribution in [0.3, 0.4) is 0 Å². The highest BCUT2D eigenvalue weighted by atomic mass is 14.0. The van der Waals surface area contributed by atoms with Crippen molar-refractivity contribution in [1.29, 1.82) is 0 Å². The highest BCUT2D eigenvalue weighted by Gasteiger charge is 1.92. The third-order valence-electron chi connectivity index (χ3n) is 4.76. The topological polar surface area (TPSA) is 0 Å². The summed E-state index contributed by atoms with van der Waals surface area (Å²) in [5, 5.41) is 0. The van der Waals surface area contributed by atoms with E-state index in [1.807, 2.05) is 0 Å². The number of hydrogen-bond acceptors (Lipinski definition) is 0. The smallest absolute Gasteiger partial charge is 0.0351 e. The van der Waals surface area contributed by atoms with Crippen LogP contribution < -0.4 is 0 Å². The first kappa shape index (κ1) is 22.7. The average Bonchev–Trinajstić information content (AvgIpc) is 2.57. The molecule has 1 radical (unpaired) electrons. The molecule has 0 N–H and O–H groups in total. The van der Waals surface area contributed by atoms with E-state index in [9.17, 15) is 0 Å². The van der Waals surface area contributed by atoms with Gasteiger partial charge in [-0.3, -0.25) is 0 Å². The molecule has 0 heterocycles. The van der Waals surface area contributed by atoms with E-state index in [1.54, 1.807) is 0 Å². The fourth-order valence-electron chi connectivity index (χ4n) is 3.13. The molecular weight excluding hydrogens is 276 g/mol. The van der Waals surface area contributed by atoms with Crippen LogP contribution in [0.25, 0.3) is 0 Å². The predicted octanol–water partition coefficient (Wildman–Crippen LogP) is 8.81. The molecule has 0 spiro atoms. The van der Waals surface area contributed by atoms with E-state index in [4.69, 9.17) is 0 Å². The molecule has 0 aliphatic rings. The first-order chi connectivity index (χ1) is 11.4. The van der Waals surface area contributed by atoms with Gasteiger partial charge in [-0.2, -0.15) is 0 Å². The third kappa shape index (κ3) is 21.7. The zero-order valence-electron chi connectivity index (χ0n) is 16.3. The molecule has 0 fully saturated rings. The number of unbranched alkanes of at least 4 members (excludes halogenated alkanes) is 17. The van der Waals surface area contributed by atoms with Gasteiger partial charge in [0.1, 0.15) is 0 Å². The minimum Gasteiger partial charge on any atom is -0.0885 e. The molecule has 0 aliphatic heterocycles. The highest BCUT2D eigenvalue weighted by molar-refractivity contribution is 4.81. The largest absolute Gasteiger partial charge is 0.0885 e. The summed E-state index contributed by atoms with van der Waals surface area (Å²) in [6.07, 6.45) is 31.3. The van der Waals surface area contributed by atoms with Gasteiger partial charge in [0.25, 0.3) is 0 Å². The Balaban J connectivity index is 3.02. The maximum Gasteiger partial charge on any atom is -0.0351 e. The van der Waals surface area contributed by atoms with Crippen LogP contribution in [0.2, 0.25) is 0 Å². The van der Waals surface area contributed by atoms with Crippen molar-refractivity contribution in [3.05, 3.63) is 19.1 Å². The van der Waals surface area contributed by atoms with Crippen molar-refractivity contribution in [2.75, 3.05) is 0 Å². The summed E-state index contributed by atoms with van der Waals surface area (Å²) in [5.41, 5.74) is 0.